The Kier molecular flexibility index (Phi) is 2.58. The van der Waals surface area contributed by atoms with E-state index in [4.69, 9.17) is 5.73 Å². The molecule has 0 bridgehead atoms. The quantitative estimate of drug-likeness (QED) is 0.669. The van der Waals surface area contributed by atoms with E-state index < -0.39 is 0 Å². The molecule has 1 aromatic rings. The number of hydrogen-bond donors (Lipinski definition) is 1. The standard InChI is InChI=1S/C13H17N/c1-10-3-2-4-12(9-10)11-5-7-13(14)8-6-11/h5-10H,2-4,14H2,1H3. The van der Waals surface area contributed by atoms with Gasteiger partial charge in [0, 0.05) is 5.69 Å². The predicted octanol–water partition coefficient (Wildman–Crippen LogP) is 3.47. The van der Waals surface area contributed by atoms with Crippen LogP contribution in [0, 0.1) is 5.92 Å². The molecule has 1 atom stereocenters. The number of nitrogen functional groups attached to an aromatic ring is 1. The Labute approximate surface area is 85.6 Å². The Bertz CT molecular complexity index is 335. The highest BCUT2D eigenvalue weighted by Gasteiger charge is 2.10. The van der Waals surface area contributed by atoms with Gasteiger partial charge < -0.3 is 5.73 Å². The van der Waals surface area contributed by atoms with Crippen molar-refractivity contribution in [2.24, 2.45) is 5.92 Å². The highest BCUT2D eigenvalue weighted by molar-refractivity contribution is 5.67. The lowest BCUT2D eigenvalue weighted by molar-refractivity contribution is 0.593. The van der Waals surface area contributed by atoms with E-state index in [-0.39, 0.29) is 0 Å². The second kappa shape index (κ2) is 3.87. The minimum Gasteiger partial charge on any atom is -0.399 e. The van der Waals surface area contributed by atoms with Crippen LogP contribution in [0.3, 0.4) is 0 Å². The van der Waals surface area contributed by atoms with Gasteiger partial charge in [0.25, 0.3) is 0 Å². The van der Waals surface area contributed by atoms with Crippen molar-refractivity contribution in [1.29, 1.82) is 0 Å². The third-order valence-electron chi connectivity index (χ3n) is 2.87. The van der Waals surface area contributed by atoms with E-state index >= 15 is 0 Å². The zero-order chi connectivity index (χ0) is 9.97. The number of nitrogens with two attached hydrogens (primary N) is 1. The lowest BCUT2D eigenvalue weighted by atomic mass is 9.88. The zero-order valence-corrected chi connectivity index (χ0v) is 8.66. The maximum absolute atomic E-state index is 5.66. The highest BCUT2D eigenvalue weighted by Crippen LogP contribution is 2.29. The van der Waals surface area contributed by atoms with Crippen LogP contribution in [0.25, 0.3) is 5.57 Å². The van der Waals surface area contributed by atoms with Gasteiger partial charge in [0.15, 0.2) is 0 Å². The lowest BCUT2D eigenvalue weighted by Gasteiger charge is -2.17. The van der Waals surface area contributed by atoms with Gasteiger partial charge in [-0.15, -0.1) is 0 Å². The van der Waals surface area contributed by atoms with E-state index in [1.54, 1.807) is 0 Å². The molecule has 1 nitrogen and oxygen atoms in total. The van der Waals surface area contributed by atoms with Crippen LogP contribution in [0.15, 0.2) is 30.3 Å². The Balaban J connectivity index is 2.26. The summed E-state index contributed by atoms with van der Waals surface area (Å²) in [6, 6.07) is 8.21. The first-order valence-corrected chi connectivity index (χ1v) is 5.32. The summed E-state index contributed by atoms with van der Waals surface area (Å²) in [5, 5.41) is 0. The van der Waals surface area contributed by atoms with Crippen LogP contribution in [0.1, 0.15) is 31.7 Å². The van der Waals surface area contributed by atoms with E-state index in [1.165, 1.54) is 30.4 Å². The number of anilines is 1. The maximum Gasteiger partial charge on any atom is 0.0314 e. The summed E-state index contributed by atoms with van der Waals surface area (Å²) in [6.07, 6.45) is 6.26. The van der Waals surface area contributed by atoms with Crippen LogP contribution in [0.2, 0.25) is 0 Å². The van der Waals surface area contributed by atoms with Crippen molar-refractivity contribution in [1.82, 2.24) is 0 Å². The van der Waals surface area contributed by atoms with Crippen LogP contribution < -0.4 is 5.73 Å². The average Bonchev–Trinajstić information content (AvgIpc) is 2.19. The van der Waals surface area contributed by atoms with Crippen LogP contribution in [0.4, 0.5) is 5.69 Å². The van der Waals surface area contributed by atoms with Crippen molar-refractivity contribution in [3.63, 3.8) is 0 Å². The summed E-state index contributed by atoms with van der Waals surface area (Å²) in [4.78, 5) is 0. The third-order valence-corrected chi connectivity index (χ3v) is 2.87. The van der Waals surface area contributed by atoms with Crippen LogP contribution in [-0.4, -0.2) is 0 Å². The molecule has 0 aliphatic heterocycles. The molecule has 0 amide bonds. The van der Waals surface area contributed by atoms with Gasteiger partial charge in [-0.1, -0.05) is 25.1 Å². The maximum atomic E-state index is 5.66. The lowest BCUT2D eigenvalue weighted by Crippen LogP contribution is -2.00. The van der Waals surface area contributed by atoms with Crippen molar-refractivity contribution in [3.8, 4) is 0 Å². The van der Waals surface area contributed by atoms with Crippen LogP contribution in [0.5, 0.6) is 0 Å². The summed E-state index contributed by atoms with van der Waals surface area (Å²) in [5.41, 5.74) is 9.34. The molecule has 14 heavy (non-hydrogen) atoms. The summed E-state index contributed by atoms with van der Waals surface area (Å²) < 4.78 is 0. The van der Waals surface area contributed by atoms with E-state index in [9.17, 15) is 0 Å². The molecule has 1 unspecified atom stereocenters. The monoisotopic (exact) mass is 187 g/mol. The first-order valence-electron chi connectivity index (χ1n) is 5.32. The molecule has 1 aromatic carbocycles. The van der Waals surface area contributed by atoms with E-state index in [0.29, 0.717) is 0 Å². The van der Waals surface area contributed by atoms with Gasteiger partial charge in [-0.05, 0) is 48.4 Å². The molecule has 0 aromatic heterocycles. The SMILES string of the molecule is CC1C=C(c2ccc(N)cc2)CCC1. The van der Waals surface area contributed by atoms with E-state index in [2.05, 4.69) is 25.1 Å². The Morgan fingerprint density at radius 3 is 2.57 bits per heavy atom. The molecule has 2 N–H and O–H groups in total. The molecule has 0 fully saturated rings. The molecular formula is C13H17N. The first-order chi connectivity index (χ1) is 6.75. The number of allylic oxidation sites excluding steroid dienone is 2. The molecule has 0 spiro atoms. The van der Waals surface area contributed by atoms with Crippen molar-refractivity contribution in [2.45, 2.75) is 26.2 Å². The van der Waals surface area contributed by atoms with Gasteiger partial charge in [0.1, 0.15) is 0 Å². The Morgan fingerprint density at radius 2 is 1.93 bits per heavy atom. The predicted molar refractivity (Wildman–Crippen MR) is 61.8 cm³/mol. The molecule has 0 radical (unpaired) electrons. The fourth-order valence-electron chi connectivity index (χ4n) is 2.06. The van der Waals surface area contributed by atoms with Gasteiger partial charge in [0.2, 0.25) is 0 Å². The van der Waals surface area contributed by atoms with E-state index in [1.807, 2.05) is 12.1 Å². The van der Waals surface area contributed by atoms with Crippen molar-refractivity contribution >= 4 is 11.3 Å². The Hall–Kier alpha value is -1.24. The Morgan fingerprint density at radius 1 is 1.21 bits per heavy atom. The fraction of sp³-hybridized carbons (Fsp3) is 0.385. The zero-order valence-electron chi connectivity index (χ0n) is 8.66. The highest BCUT2D eigenvalue weighted by atomic mass is 14.5. The summed E-state index contributed by atoms with van der Waals surface area (Å²) in [7, 11) is 0. The molecule has 0 saturated heterocycles. The van der Waals surface area contributed by atoms with Crippen molar-refractivity contribution in [2.75, 3.05) is 5.73 Å². The number of hydrogen-bond acceptors (Lipinski definition) is 1. The molecular weight excluding hydrogens is 170 g/mol. The molecule has 1 aliphatic rings. The van der Waals surface area contributed by atoms with Gasteiger partial charge in [-0.3, -0.25) is 0 Å². The van der Waals surface area contributed by atoms with Gasteiger partial charge in [0.05, 0.1) is 0 Å². The second-order valence-corrected chi connectivity index (χ2v) is 4.18. The van der Waals surface area contributed by atoms with E-state index in [0.717, 1.165) is 11.6 Å². The topological polar surface area (TPSA) is 26.0 Å². The molecule has 74 valence electrons. The number of rotatable bonds is 1. The van der Waals surface area contributed by atoms with Crippen molar-refractivity contribution < 1.29 is 0 Å². The van der Waals surface area contributed by atoms with Gasteiger partial charge >= 0.3 is 0 Å². The smallest absolute Gasteiger partial charge is 0.0314 e. The molecule has 0 heterocycles. The fourth-order valence-corrected chi connectivity index (χ4v) is 2.06. The normalized spacial score (nSPS) is 21.8. The van der Waals surface area contributed by atoms with Crippen molar-refractivity contribution in [3.05, 3.63) is 35.9 Å². The largest absolute Gasteiger partial charge is 0.399 e. The summed E-state index contributed by atoms with van der Waals surface area (Å²) in [5.74, 6) is 0.733. The summed E-state index contributed by atoms with van der Waals surface area (Å²) >= 11 is 0. The first kappa shape index (κ1) is 9.32. The number of benzene rings is 1. The summed E-state index contributed by atoms with van der Waals surface area (Å²) in [6.45, 7) is 2.29. The molecule has 2 rings (SSSR count). The third kappa shape index (κ3) is 1.98. The van der Waals surface area contributed by atoms with Gasteiger partial charge in [-0.25, -0.2) is 0 Å². The minimum atomic E-state index is 0.733. The van der Waals surface area contributed by atoms with Crippen LogP contribution in [-0.2, 0) is 0 Å². The average molecular weight is 187 g/mol. The molecule has 1 heteroatoms. The second-order valence-electron chi connectivity index (χ2n) is 4.18. The van der Waals surface area contributed by atoms with Gasteiger partial charge in [-0.2, -0.15) is 0 Å². The molecule has 1 aliphatic carbocycles. The molecule has 0 saturated carbocycles. The minimum absolute atomic E-state index is 0.733. The van der Waals surface area contributed by atoms with Crippen LogP contribution >= 0.6 is 0 Å².